The van der Waals surface area contributed by atoms with Gasteiger partial charge in [0.15, 0.2) is 0 Å². The van der Waals surface area contributed by atoms with E-state index in [0.29, 0.717) is 0 Å². The molecule has 5 heteroatoms. The van der Waals surface area contributed by atoms with Crippen molar-refractivity contribution in [3.05, 3.63) is 0 Å². The van der Waals surface area contributed by atoms with Crippen molar-refractivity contribution in [3.63, 3.8) is 0 Å². The number of hydrogen-bond donors (Lipinski definition) is 3. The normalized spacial score (nSPS) is 13.3. The molecule has 0 fully saturated rings. The van der Waals surface area contributed by atoms with Gasteiger partial charge in [-0.25, -0.2) is 9.59 Å². The smallest absolute Gasteiger partial charge is 0.326 e. The largest absolute Gasteiger partial charge is 0.480 e. The van der Waals surface area contributed by atoms with E-state index in [0.717, 1.165) is 12.8 Å². The van der Waals surface area contributed by atoms with Crippen LogP contribution < -0.4 is 10.6 Å². The molecule has 0 spiro atoms. The van der Waals surface area contributed by atoms with Gasteiger partial charge in [-0.15, -0.1) is 0 Å². The highest BCUT2D eigenvalue weighted by Gasteiger charge is 2.27. The molecule has 0 aliphatic carbocycles. The van der Waals surface area contributed by atoms with Gasteiger partial charge in [-0.2, -0.15) is 0 Å². The molecule has 1 atom stereocenters. The van der Waals surface area contributed by atoms with Gasteiger partial charge in [0.25, 0.3) is 0 Å². The molecule has 5 nitrogen and oxygen atoms in total. The molecule has 0 heterocycles. The van der Waals surface area contributed by atoms with Crippen LogP contribution in [-0.4, -0.2) is 28.7 Å². The molecule has 0 radical (unpaired) electrons. The molecule has 1 unspecified atom stereocenters. The lowest BCUT2D eigenvalue weighted by Crippen LogP contribution is -2.54. The van der Waals surface area contributed by atoms with Gasteiger partial charge in [0.2, 0.25) is 0 Å². The van der Waals surface area contributed by atoms with E-state index in [9.17, 15) is 9.59 Å². The van der Waals surface area contributed by atoms with Crippen LogP contribution in [0.1, 0.15) is 47.5 Å². The zero-order chi connectivity index (χ0) is 13.6. The van der Waals surface area contributed by atoms with Crippen LogP contribution in [0.4, 0.5) is 4.79 Å². The number of carboxylic acid groups (broad SMARTS) is 1. The molecule has 0 bridgehead atoms. The lowest BCUT2D eigenvalue weighted by Gasteiger charge is -2.29. The quantitative estimate of drug-likeness (QED) is 0.668. The fraction of sp³-hybridized carbons (Fsp3) is 0.833. The highest BCUT2D eigenvalue weighted by atomic mass is 16.4. The first-order chi connectivity index (χ1) is 7.75. The van der Waals surface area contributed by atoms with Gasteiger partial charge in [-0.3, -0.25) is 0 Å². The lowest BCUT2D eigenvalue weighted by atomic mass is 9.96. The van der Waals surface area contributed by atoms with Gasteiger partial charge in [-0.05, 0) is 25.7 Å². The zero-order valence-electron chi connectivity index (χ0n) is 11.3. The van der Waals surface area contributed by atoms with Gasteiger partial charge in [0, 0.05) is 5.54 Å². The third-order valence-corrected chi connectivity index (χ3v) is 3.20. The summed E-state index contributed by atoms with van der Waals surface area (Å²) < 4.78 is 0. The number of carbonyl (C=O) groups excluding carboxylic acids is 1. The van der Waals surface area contributed by atoms with Gasteiger partial charge in [0.05, 0.1) is 0 Å². The molecule has 0 aromatic heterocycles. The fourth-order valence-electron chi connectivity index (χ4n) is 1.39. The van der Waals surface area contributed by atoms with Crippen LogP contribution in [-0.2, 0) is 4.79 Å². The Balaban J connectivity index is 4.48. The molecule has 0 aromatic carbocycles. The first-order valence-corrected chi connectivity index (χ1v) is 6.07. The Morgan fingerprint density at radius 1 is 1.24 bits per heavy atom. The van der Waals surface area contributed by atoms with Crippen LogP contribution in [0.15, 0.2) is 0 Å². The van der Waals surface area contributed by atoms with Crippen molar-refractivity contribution in [2.45, 2.75) is 59.0 Å². The minimum absolute atomic E-state index is 0.146. The van der Waals surface area contributed by atoms with E-state index >= 15 is 0 Å². The number of hydrogen-bond acceptors (Lipinski definition) is 2. The minimum atomic E-state index is -1.01. The van der Waals surface area contributed by atoms with Crippen LogP contribution in [0.3, 0.4) is 0 Å². The number of amides is 2. The average molecular weight is 244 g/mol. The fourth-order valence-corrected chi connectivity index (χ4v) is 1.39. The van der Waals surface area contributed by atoms with Crippen molar-refractivity contribution in [2.75, 3.05) is 0 Å². The molecular weight excluding hydrogens is 220 g/mol. The Bertz CT molecular complexity index is 273. The zero-order valence-corrected chi connectivity index (χ0v) is 11.3. The summed E-state index contributed by atoms with van der Waals surface area (Å²) in [5.74, 6) is -1.15. The highest BCUT2D eigenvalue weighted by molar-refractivity contribution is 5.83. The second kappa shape index (κ2) is 6.47. The number of nitrogens with one attached hydrogen (secondary N) is 2. The maximum atomic E-state index is 11.7. The summed E-state index contributed by atoms with van der Waals surface area (Å²) in [5.41, 5.74) is -0.288. The summed E-state index contributed by atoms with van der Waals surface area (Å²) in [7, 11) is 0. The average Bonchev–Trinajstić information content (AvgIpc) is 2.24. The molecule has 3 N–H and O–H groups in total. The molecule has 0 saturated heterocycles. The first kappa shape index (κ1) is 15.7. The van der Waals surface area contributed by atoms with Crippen LogP contribution in [0.25, 0.3) is 0 Å². The topological polar surface area (TPSA) is 78.4 Å². The van der Waals surface area contributed by atoms with E-state index in [1.807, 2.05) is 20.8 Å². The van der Waals surface area contributed by atoms with Gasteiger partial charge < -0.3 is 15.7 Å². The van der Waals surface area contributed by atoms with Crippen molar-refractivity contribution in [2.24, 2.45) is 5.92 Å². The lowest BCUT2D eigenvalue weighted by molar-refractivity contribution is -0.140. The molecule has 0 saturated carbocycles. The molecule has 100 valence electrons. The first-order valence-electron chi connectivity index (χ1n) is 6.07. The van der Waals surface area contributed by atoms with Crippen molar-refractivity contribution < 1.29 is 14.7 Å². The number of carboxylic acids is 1. The summed E-state index contributed by atoms with van der Waals surface area (Å²) in [6.07, 6.45) is 1.60. The molecular formula is C12H24N2O3. The molecule has 2 amide bonds. The monoisotopic (exact) mass is 244 g/mol. The summed E-state index contributed by atoms with van der Waals surface area (Å²) in [6, 6.07) is -1.27. The van der Waals surface area contributed by atoms with Gasteiger partial charge in [0.1, 0.15) is 6.04 Å². The second-order valence-corrected chi connectivity index (χ2v) is 4.93. The Hall–Kier alpha value is -1.26. The molecule has 17 heavy (non-hydrogen) atoms. The standard InChI is InChI=1S/C12H24N2O3/c1-6-12(5,7-2)14-11(17)13-9(8(3)4)10(15)16/h8-9H,6-7H2,1-5H3,(H,15,16)(H2,13,14,17). The van der Waals surface area contributed by atoms with Crippen molar-refractivity contribution in [1.29, 1.82) is 0 Å². The predicted octanol–water partition coefficient (Wildman–Crippen LogP) is 1.97. The molecule has 0 rings (SSSR count). The Morgan fingerprint density at radius 2 is 1.71 bits per heavy atom. The van der Waals surface area contributed by atoms with E-state index in [1.165, 1.54) is 0 Å². The summed E-state index contributed by atoms with van der Waals surface area (Å²) in [4.78, 5) is 22.6. The second-order valence-electron chi connectivity index (χ2n) is 4.93. The third kappa shape index (κ3) is 5.06. The Morgan fingerprint density at radius 3 is 2.00 bits per heavy atom. The van der Waals surface area contributed by atoms with E-state index in [4.69, 9.17) is 5.11 Å². The summed E-state index contributed by atoms with van der Waals surface area (Å²) in [5, 5.41) is 14.3. The predicted molar refractivity (Wildman–Crippen MR) is 66.9 cm³/mol. The van der Waals surface area contributed by atoms with E-state index < -0.39 is 18.0 Å². The van der Waals surface area contributed by atoms with E-state index in [-0.39, 0.29) is 11.5 Å². The van der Waals surface area contributed by atoms with Crippen molar-refractivity contribution in [1.82, 2.24) is 10.6 Å². The summed E-state index contributed by atoms with van der Waals surface area (Å²) in [6.45, 7) is 9.44. The Labute approximate surface area is 103 Å². The van der Waals surface area contributed by atoms with Gasteiger partial charge >= 0.3 is 12.0 Å². The van der Waals surface area contributed by atoms with Crippen LogP contribution in [0.2, 0.25) is 0 Å². The van der Waals surface area contributed by atoms with Gasteiger partial charge in [-0.1, -0.05) is 27.7 Å². The van der Waals surface area contributed by atoms with Crippen molar-refractivity contribution >= 4 is 12.0 Å². The maximum Gasteiger partial charge on any atom is 0.326 e. The third-order valence-electron chi connectivity index (χ3n) is 3.20. The van der Waals surface area contributed by atoms with Crippen LogP contribution >= 0.6 is 0 Å². The van der Waals surface area contributed by atoms with Crippen LogP contribution in [0.5, 0.6) is 0 Å². The van der Waals surface area contributed by atoms with E-state index in [1.54, 1.807) is 13.8 Å². The molecule has 0 aliphatic rings. The van der Waals surface area contributed by atoms with Crippen LogP contribution in [0, 0.1) is 5.92 Å². The number of aliphatic carboxylic acids is 1. The summed E-state index contributed by atoms with van der Waals surface area (Å²) >= 11 is 0. The highest BCUT2D eigenvalue weighted by Crippen LogP contribution is 2.13. The number of urea groups is 1. The minimum Gasteiger partial charge on any atom is -0.480 e. The van der Waals surface area contributed by atoms with Crippen molar-refractivity contribution in [3.8, 4) is 0 Å². The number of carbonyl (C=O) groups is 2. The van der Waals surface area contributed by atoms with E-state index in [2.05, 4.69) is 10.6 Å². The molecule has 0 aromatic rings. The number of rotatable bonds is 6. The maximum absolute atomic E-state index is 11.7. The Kier molecular flexibility index (Phi) is 5.99. The molecule has 0 aliphatic heterocycles. The SMILES string of the molecule is CCC(C)(CC)NC(=O)NC(C(=O)O)C(C)C.